The number of amides is 1. The first-order chi connectivity index (χ1) is 13.1. The second-order valence-electron chi connectivity index (χ2n) is 7.63. The lowest BCUT2D eigenvalue weighted by Gasteiger charge is -2.25. The molecule has 2 N–H and O–H groups in total. The minimum absolute atomic E-state index is 0.103. The molecule has 7 nitrogen and oxygen atoms in total. The molecular formula is C18H23F3N2O5S. The summed E-state index contributed by atoms with van der Waals surface area (Å²) in [6.07, 6.45) is 0.937. The number of hydrogen-bond acceptors (Lipinski definition) is 5. The van der Waals surface area contributed by atoms with Crippen LogP contribution in [-0.4, -0.2) is 36.6 Å². The molecular weight excluding hydrogens is 413 g/mol. The number of ether oxygens (including phenoxy) is 1. The summed E-state index contributed by atoms with van der Waals surface area (Å²) in [4.78, 5) is 14.7. The predicted molar refractivity (Wildman–Crippen MR) is 101 cm³/mol. The Morgan fingerprint density at radius 1 is 1.17 bits per heavy atom. The van der Waals surface area contributed by atoms with Gasteiger partial charge in [0.1, 0.15) is 5.60 Å². The van der Waals surface area contributed by atoms with E-state index >= 15 is 0 Å². The fourth-order valence-corrected chi connectivity index (χ4v) is 3.12. The first-order valence-corrected chi connectivity index (χ1v) is 10.1. The zero-order chi connectivity index (χ0) is 22.2. The van der Waals surface area contributed by atoms with Crippen LogP contribution < -0.4 is 9.50 Å². The SMILES string of the molecule is CC(NC(=O)OC(C)(C)C)C(C)c1c[nH]c2c(OS(=O)(=O)C(F)(F)F)cccc12. The largest absolute Gasteiger partial charge is 0.534 e. The topological polar surface area (TPSA) is 97.5 Å². The molecule has 1 aromatic carbocycles. The third kappa shape index (κ3) is 5.34. The lowest BCUT2D eigenvalue weighted by atomic mass is 9.94. The molecule has 29 heavy (non-hydrogen) atoms. The van der Waals surface area contributed by atoms with Crippen molar-refractivity contribution in [2.24, 2.45) is 0 Å². The number of carbonyl (C=O) groups is 1. The fraction of sp³-hybridized carbons (Fsp3) is 0.500. The highest BCUT2D eigenvalue weighted by molar-refractivity contribution is 7.88. The average Bonchev–Trinajstić information content (AvgIpc) is 2.95. The number of alkyl carbamates (subject to hydrolysis) is 1. The lowest BCUT2D eigenvalue weighted by molar-refractivity contribution is -0.0499. The molecule has 2 rings (SSSR count). The summed E-state index contributed by atoms with van der Waals surface area (Å²) in [5.41, 5.74) is -5.43. The smallest absolute Gasteiger partial charge is 0.444 e. The summed E-state index contributed by atoms with van der Waals surface area (Å²) >= 11 is 0. The number of halogens is 3. The Morgan fingerprint density at radius 3 is 2.34 bits per heavy atom. The maximum Gasteiger partial charge on any atom is 0.534 e. The number of H-pyrrole nitrogens is 1. The first-order valence-electron chi connectivity index (χ1n) is 8.72. The van der Waals surface area contributed by atoms with Crippen molar-refractivity contribution in [1.82, 2.24) is 10.3 Å². The van der Waals surface area contributed by atoms with Crippen LogP contribution in [0.1, 0.15) is 46.1 Å². The van der Waals surface area contributed by atoms with E-state index < -0.39 is 33.1 Å². The Hall–Kier alpha value is -2.43. The standard InChI is InChI=1S/C18H23F3N2O5S/c1-10(11(2)23-16(24)27-17(3,4)5)13-9-22-15-12(13)7-6-8-14(15)28-29(25,26)18(19,20)21/h6-11,22H,1-5H3,(H,23,24). The number of hydrogen-bond donors (Lipinski definition) is 2. The van der Waals surface area contributed by atoms with Crippen molar-refractivity contribution in [3.63, 3.8) is 0 Å². The van der Waals surface area contributed by atoms with Gasteiger partial charge in [0.05, 0.1) is 5.52 Å². The van der Waals surface area contributed by atoms with Crippen molar-refractivity contribution < 1.29 is 35.3 Å². The number of aromatic amines is 1. The minimum Gasteiger partial charge on any atom is -0.444 e. The number of para-hydroxylation sites is 1. The number of nitrogens with one attached hydrogen (secondary N) is 2. The van der Waals surface area contributed by atoms with Gasteiger partial charge in [-0.15, -0.1) is 0 Å². The molecule has 0 spiro atoms. The number of fused-ring (bicyclic) bond motifs is 1. The fourth-order valence-electron chi connectivity index (χ4n) is 2.65. The Balaban J connectivity index is 2.29. The number of carbonyl (C=O) groups excluding carboxylic acids is 1. The van der Waals surface area contributed by atoms with Crippen molar-refractivity contribution in [3.05, 3.63) is 30.0 Å². The van der Waals surface area contributed by atoms with E-state index in [2.05, 4.69) is 14.5 Å². The number of rotatable bonds is 5. The molecule has 162 valence electrons. The molecule has 1 aromatic heterocycles. The molecule has 0 aliphatic heterocycles. The van der Waals surface area contributed by atoms with Crippen LogP contribution in [0.3, 0.4) is 0 Å². The number of benzene rings is 1. The van der Waals surface area contributed by atoms with Crippen LogP contribution in [0.4, 0.5) is 18.0 Å². The van der Waals surface area contributed by atoms with Crippen LogP contribution in [0.2, 0.25) is 0 Å². The second-order valence-corrected chi connectivity index (χ2v) is 9.17. The Kier molecular flexibility index (Phi) is 6.12. The molecule has 0 aliphatic carbocycles. The molecule has 1 heterocycles. The van der Waals surface area contributed by atoms with E-state index in [9.17, 15) is 26.4 Å². The van der Waals surface area contributed by atoms with Gasteiger partial charge in [0.15, 0.2) is 5.75 Å². The van der Waals surface area contributed by atoms with Crippen molar-refractivity contribution in [2.45, 2.75) is 57.7 Å². The summed E-state index contributed by atoms with van der Waals surface area (Å²) in [7, 11) is -5.80. The maximum atomic E-state index is 12.6. The molecule has 0 aliphatic rings. The third-order valence-corrected chi connectivity index (χ3v) is 5.14. The molecule has 0 saturated carbocycles. The minimum atomic E-state index is -5.80. The molecule has 0 saturated heterocycles. The highest BCUT2D eigenvalue weighted by Crippen LogP contribution is 2.35. The van der Waals surface area contributed by atoms with Crippen LogP contribution >= 0.6 is 0 Å². The molecule has 0 fully saturated rings. The van der Waals surface area contributed by atoms with E-state index in [0.29, 0.717) is 10.9 Å². The highest BCUT2D eigenvalue weighted by Gasteiger charge is 2.48. The van der Waals surface area contributed by atoms with Crippen molar-refractivity contribution in [2.75, 3.05) is 0 Å². The Bertz CT molecular complexity index is 993. The van der Waals surface area contributed by atoms with E-state index in [1.165, 1.54) is 12.3 Å². The van der Waals surface area contributed by atoms with Crippen LogP contribution in [0.25, 0.3) is 10.9 Å². The normalized spacial score (nSPS) is 15.0. The van der Waals surface area contributed by atoms with Gasteiger partial charge in [-0.05, 0) is 39.3 Å². The maximum absolute atomic E-state index is 12.6. The van der Waals surface area contributed by atoms with Gasteiger partial charge in [0.2, 0.25) is 0 Å². The summed E-state index contributed by atoms with van der Waals surface area (Å²) in [6, 6.07) is 3.75. The zero-order valence-corrected chi connectivity index (χ0v) is 17.4. The monoisotopic (exact) mass is 436 g/mol. The van der Waals surface area contributed by atoms with Gasteiger partial charge in [0.25, 0.3) is 0 Å². The van der Waals surface area contributed by atoms with E-state index in [1.807, 2.05) is 6.92 Å². The van der Waals surface area contributed by atoms with Crippen LogP contribution in [-0.2, 0) is 14.9 Å². The zero-order valence-electron chi connectivity index (χ0n) is 16.5. The van der Waals surface area contributed by atoms with Gasteiger partial charge in [0, 0.05) is 23.5 Å². The van der Waals surface area contributed by atoms with E-state index in [1.54, 1.807) is 33.8 Å². The van der Waals surface area contributed by atoms with E-state index in [4.69, 9.17) is 4.74 Å². The molecule has 11 heteroatoms. The van der Waals surface area contributed by atoms with Crippen molar-refractivity contribution in [3.8, 4) is 5.75 Å². The van der Waals surface area contributed by atoms with Crippen molar-refractivity contribution >= 4 is 27.1 Å². The van der Waals surface area contributed by atoms with Gasteiger partial charge < -0.3 is 19.2 Å². The van der Waals surface area contributed by atoms with Gasteiger partial charge in [-0.2, -0.15) is 21.6 Å². The quantitative estimate of drug-likeness (QED) is 0.534. The second kappa shape index (κ2) is 7.77. The van der Waals surface area contributed by atoms with Gasteiger partial charge in [-0.1, -0.05) is 19.1 Å². The van der Waals surface area contributed by atoms with E-state index in [-0.39, 0.29) is 17.5 Å². The van der Waals surface area contributed by atoms with E-state index in [0.717, 1.165) is 6.07 Å². The lowest BCUT2D eigenvalue weighted by Crippen LogP contribution is -2.39. The summed E-state index contributed by atoms with van der Waals surface area (Å²) in [5.74, 6) is -0.739. The first kappa shape index (κ1) is 22.9. The number of aromatic nitrogens is 1. The molecule has 2 atom stereocenters. The Morgan fingerprint density at radius 2 is 1.79 bits per heavy atom. The van der Waals surface area contributed by atoms with Gasteiger partial charge in [-0.25, -0.2) is 4.79 Å². The molecule has 0 radical (unpaired) electrons. The van der Waals surface area contributed by atoms with Gasteiger partial charge in [-0.3, -0.25) is 0 Å². The molecule has 2 aromatic rings. The summed E-state index contributed by atoms with van der Waals surface area (Å²) < 4.78 is 70.0. The molecule has 2 unspecified atom stereocenters. The number of alkyl halides is 3. The van der Waals surface area contributed by atoms with Crippen LogP contribution in [0.15, 0.2) is 24.4 Å². The van der Waals surface area contributed by atoms with Crippen molar-refractivity contribution in [1.29, 1.82) is 0 Å². The van der Waals surface area contributed by atoms with Crippen LogP contribution in [0, 0.1) is 0 Å². The Labute approximate surface area is 166 Å². The average molecular weight is 436 g/mol. The predicted octanol–water partition coefficient (Wildman–Crippen LogP) is 4.41. The molecule has 1 amide bonds. The third-order valence-electron chi connectivity index (χ3n) is 4.18. The van der Waals surface area contributed by atoms with Gasteiger partial charge >= 0.3 is 21.7 Å². The van der Waals surface area contributed by atoms with Crippen LogP contribution in [0.5, 0.6) is 5.75 Å². The summed E-state index contributed by atoms with van der Waals surface area (Å²) in [6.45, 7) is 8.76. The molecule has 0 bridgehead atoms. The summed E-state index contributed by atoms with van der Waals surface area (Å²) in [5, 5.41) is 3.19. The highest BCUT2D eigenvalue weighted by atomic mass is 32.2.